The standard InChI is InChI=1S/C23H33N5O/c1-17-7-13-28(14-8-17)23-24-21-9-12-26(15-19-6-5-18(2)29-19)16-20(21)22(25-23)27-10-3-4-11-27/h5-6,17H,3-4,7-16H2,1-2H3. The molecule has 0 N–H and O–H groups in total. The molecule has 0 radical (unpaired) electrons. The van der Waals surface area contributed by atoms with Crippen molar-refractivity contribution >= 4 is 11.8 Å². The van der Waals surface area contributed by atoms with Crippen molar-refractivity contribution in [1.29, 1.82) is 0 Å². The lowest BCUT2D eigenvalue weighted by Gasteiger charge is -2.34. The summed E-state index contributed by atoms with van der Waals surface area (Å²) in [5, 5.41) is 0. The third-order valence-corrected chi connectivity index (χ3v) is 6.75. The average Bonchev–Trinajstić information content (AvgIpc) is 3.40. The largest absolute Gasteiger partial charge is 0.465 e. The molecule has 5 heterocycles. The lowest BCUT2D eigenvalue weighted by atomic mass is 9.99. The zero-order chi connectivity index (χ0) is 19.8. The summed E-state index contributed by atoms with van der Waals surface area (Å²) < 4.78 is 5.82. The van der Waals surface area contributed by atoms with Crippen LogP contribution >= 0.6 is 0 Å². The molecule has 0 aliphatic carbocycles. The van der Waals surface area contributed by atoms with E-state index in [4.69, 9.17) is 14.4 Å². The van der Waals surface area contributed by atoms with Gasteiger partial charge in [-0.2, -0.15) is 4.98 Å². The Hall–Kier alpha value is -2.08. The summed E-state index contributed by atoms with van der Waals surface area (Å²) in [6.07, 6.45) is 6.02. The highest BCUT2D eigenvalue weighted by atomic mass is 16.3. The van der Waals surface area contributed by atoms with Crippen molar-refractivity contribution in [2.45, 2.75) is 59.0 Å². The van der Waals surface area contributed by atoms with Crippen LogP contribution in [-0.2, 0) is 19.5 Å². The molecule has 3 aliphatic rings. The first-order valence-corrected chi connectivity index (χ1v) is 11.3. The number of aryl methyl sites for hydroxylation is 1. The first-order valence-electron chi connectivity index (χ1n) is 11.3. The minimum absolute atomic E-state index is 0.820. The zero-order valence-corrected chi connectivity index (χ0v) is 17.9. The molecule has 3 aliphatic heterocycles. The van der Waals surface area contributed by atoms with Crippen molar-refractivity contribution < 1.29 is 4.42 Å². The van der Waals surface area contributed by atoms with Crippen molar-refractivity contribution in [1.82, 2.24) is 14.9 Å². The smallest absolute Gasteiger partial charge is 0.227 e. The molecule has 2 fully saturated rings. The Kier molecular flexibility index (Phi) is 5.20. The van der Waals surface area contributed by atoms with Crippen molar-refractivity contribution in [2.24, 2.45) is 5.92 Å². The molecule has 6 heteroatoms. The van der Waals surface area contributed by atoms with E-state index in [0.29, 0.717) is 0 Å². The molecular formula is C23H33N5O. The van der Waals surface area contributed by atoms with Gasteiger partial charge in [-0.25, -0.2) is 4.98 Å². The number of aromatic nitrogens is 2. The minimum atomic E-state index is 0.820. The van der Waals surface area contributed by atoms with E-state index >= 15 is 0 Å². The second kappa shape index (κ2) is 7.98. The molecular weight excluding hydrogens is 362 g/mol. The molecule has 29 heavy (non-hydrogen) atoms. The van der Waals surface area contributed by atoms with Crippen molar-refractivity contribution in [3.63, 3.8) is 0 Å². The Bertz CT molecular complexity index is 849. The quantitative estimate of drug-likeness (QED) is 0.785. The maximum atomic E-state index is 5.82. The van der Waals surface area contributed by atoms with Gasteiger partial charge in [-0.1, -0.05) is 6.92 Å². The number of nitrogens with zero attached hydrogens (tertiary/aromatic N) is 5. The lowest BCUT2D eigenvalue weighted by Crippen LogP contribution is -2.37. The summed E-state index contributed by atoms with van der Waals surface area (Å²) in [7, 11) is 0. The summed E-state index contributed by atoms with van der Waals surface area (Å²) >= 11 is 0. The second-order valence-electron chi connectivity index (χ2n) is 9.11. The van der Waals surface area contributed by atoms with Gasteiger partial charge in [-0.3, -0.25) is 4.90 Å². The zero-order valence-electron chi connectivity index (χ0n) is 17.9. The number of rotatable bonds is 4. The minimum Gasteiger partial charge on any atom is -0.465 e. The second-order valence-corrected chi connectivity index (χ2v) is 9.11. The van der Waals surface area contributed by atoms with Crippen LogP contribution in [0.4, 0.5) is 11.8 Å². The van der Waals surface area contributed by atoms with Gasteiger partial charge in [0.05, 0.1) is 12.2 Å². The fourth-order valence-electron chi connectivity index (χ4n) is 4.91. The van der Waals surface area contributed by atoms with Crippen LogP contribution < -0.4 is 9.80 Å². The molecule has 2 saturated heterocycles. The van der Waals surface area contributed by atoms with E-state index in [1.54, 1.807) is 0 Å². The van der Waals surface area contributed by atoms with Gasteiger partial charge in [-0.05, 0) is 50.7 Å². The van der Waals surface area contributed by atoms with Crippen LogP contribution in [0.2, 0.25) is 0 Å². The normalized spacial score (nSPS) is 21.0. The molecule has 0 unspecified atom stereocenters. The maximum absolute atomic E-state index is 5.82. The van der Waals surface area contributed by atoms with E-state index in [-0.39, 0.29) is 0 Å². The molecule has 5 rings (SSSR count). The van der Waals surface area contributed by atoms with Crippen molar-refractivity contribution in [2.75, 3.05) is 42.5 Å². The van der Waals surface area contributed by atoms with Gasteiger partial charge < -0.3 is 14.2 Å². The first kappa shape index (κ1) is 18.9. The Labute approximate surface area is 173 Å². The summed E-state index contributed by atoms with van der Waals surface area (Å²) in [5.74, 6) is 5.02. The molecule has 0 aromatic carbocycles. The molecule has 2 aromatic rings. The summed E-state index contributed by atoms with van der Waals surface area (Å²) in [6, 6.07) is 4.15. The van der Waals surface area contributed by atoms with Gasteiger partial charge in [-0.15, -0.1) is 0 Å². The van der Waals surface area contributed by atoms with Crippen molar-refractivity contribution in [3.05, 3.63) is 34.9 Å². The fraction of sp³-hybridized carbons (Fsp3) is 0.652. The average molecular weight is 396 g/mol. The van der Waals surface area contributed by atoms with E-state index < -0.39 is 0 Å². The van der Waals surface area contributed by atoms with E-state index in [1.165, 1.54) is 42.8 Å². The Morgan fingerprint density at radius 1 is 1.00 bits per heavy atom. The van der Waals surface area contributed by atoms with Gasteiger partial charge >= 0.3 is 0 Å². The van der Waals surface area contributed by atoms with Crippen LogP contribution in [0.3, 0.4) is 0 Å². The predicted octanol–water partition coefficient (Wildman–Crippen LogP) is 3.77. The van der Waals surface area contributed by atoms with Crippen LogP contribution in [0.15, 0.2) is 16.5 Å². The summed E-state index contributed by atoms with van der Waals surface area (Å²) in [4.78, 5) is 17.6. The number of anilines is 2. The summed E-state index contributed by atoms with van der Waals surface area (Å²) in [5.41, 5.74) is 2.61. The lowest BCUT2D eigenvalue weighted by molar-refractivity contribution is 0.222. The number of furan rings is 1. The van der Waals surface area contributed by atoms with Crippen LogP contribution in [0.25, 0.3) is 0 Å². The number of piperidine rings is 1. The van der Waals surface area contributed by atoms with Crippen LogP contribution in [0.1, 0.15) is 55.4 Å². The summed E-state index contributed by atoms with van der Waals surface area (Å²) in [6.45, 7) is 11.6. The first-order chi connectivity index (χ1) is 14.2. The van der Waals surface area contributed by atoms with Gasteiger partial charge in [0.25, 0.3) is 0 Å². The van der Waals surface area contributed by atoms with E-state index in [1.807, 2.05) is 6.92 Å². The molecule has 156 valence electrons. The number of fused-ring (bicyclic) bond motifs is 1. The monoisotopic (exact) mass is 395 g/mol. The van der Waals surface area contributed by atoms with Crippen LogP contribution in [0, 0.1) is 12.8 Å². The van der Waals surface area contributed by atoms with Crippen molar-refractivity contribution in [3.8, 4) is 0 Å². The van der Waals surface area contributed by atoms with Crippen LogP contribution in [-0.4, -0.2) is 47.6 Å². The van der Waals surface area contributed by atoms with Gasteiger partial charge in [0.2, 0.25) is 5.95 Å². The SMILES string of the molecule is Cc1ccc(CN2CCc3nc(N4CCC(C)CC4)nc(N4CCCC4)c3C2)o1. The van der Waals surface area contributed by atoms with Gasteiger partial charge in [0.1, 0.15) is 17.3 Å². The van der Waals surface area contributed by atoms with E-state index in [0.717, 1.165) is 75.6 Å². The molecule has 0 saturated carbocycles. The number of hydrogen-bond donors (Lipinski definition) is 0. The third-order valence-electron chi connectivity index (χ3n) is 6.75. The molecule has 0 spiro atoms. The van der Waals surface area contributed by atoms with Gasteiger partial charge in [0, 0.05) is 51.3 Å². The fourth-order valence-corrected chi connectivity index (χ4v) is 4.91. The topological polar surface area (TPSA) is 48.6 Å². The van der Waals surface area contributed by atoms with E-state index in [9.17, 15) is 0 Å². The molecule has 0 atom stereocenters. The molecule has 6 nitrogen and oxygen atoms in total. The number of hydrogen-bond acceptors (Lipinski definition) is 6. The molecule has 0 amide bonds. The molecule has 0 bridgehead atoms. The Balaban J connectivity index is 1.42. The maximum Gasteiger partial charge on any atom is 0.227 e. The Morgan fingerprint density at radius 3 is 2.52 bits per heavy atom. The highest BCUT2D eigenvalue weighted by Crippen LogP contribution is 2.32. The molecule has 2 aromatic heterocycles. The van der Waals surface area contributed by atoms with Crippen LogP contribution in [0.5, 0.6) is 0 Å². The highest BCUT2D eigenvalue weighted by molar-refractivity contribution is 5.55. The van der Waals surface area contributed by atoms with Gasteiger partial charge in [0.15, 0.2) is 0 Å². The van der Waals surface area contributed by atoms with E-state index in [2.05, 4.69) is 33.8 Å². The third kappa shape index (κ3) is 4.00. The highest BCUT2D eigenvalue weighted by Gasteiger charge is 2.29. The Morgan fingerprint density at radius 2 is 1.79 bits per heavy atom. The predicted molar refractivity (Wildman–Crippen MR) is 115 cm³/mol.